The fourth-order valence-corrected chi connectivity index (χ4v) is 2.63. The third-order valence-electron chi connectivity index (χ3n) is 3.89. The van der Waals surface area contributed by atoms with E-state index >= 15 is 0 Å². The van der Waals surface area contributed by atoms with Crippen molar-refractivity contribution < 1.29 is 4.79 Å². The van der Waals surface area contributed by atoms with Gasteiger partial charge in [0.2, 0.25) is 5.91 Å². The summed E-state index contributed by atoms with van der Waals surface area (Å²) in [6, 6.07) is 9.99. The molecule has 0 aliphatic carbocycles. The first kappa shape index (κ1) is 13.6. The molecular formula is C17H19N3O. The van der Waals surface area contributed by atoms with Gasteiger partial charge in [-0.05, 0) is 42.7 Å². The highest BCUT2D eigenvalue weighted by Gasteiger charge is 2.23. The lowest BCUT2D eigenvalue weighted by atomic mass is 10.1. The third-order valence-corrected chi connectivity index (χ3v) is 3.89. The van der Waals surface area contributed by atoms with Crippen molar-refractivity contribution in [2.24, 2.45) is 0 Å². The lowest BCUT2D eigenvalue weighted by Crippen LogP contribution is -2.24. The molecule has 108 valence electrons. The Hall–Kier alpha value is -2.36. The summed E-state index contributed by atoms with van der Waals surface area (Å²) in [6.07, 6.45) is 5.27. The highest BCUT2D eigenvalue weighted by Crippen LogP contribution is 2.29. The number of pyridine rings is 1. The molecule has 0 bridgehead atoms. The maximum Gasteiger partial charge on any atom is 0.227 e. The van der Waals surface area contributed by atoms with Gasteiger partial charge in [0.1, 0.15) is 0 Å². The van der Waals surface area contributed by atoms with Crippen LogP contribution in [0.2, 0.25) is 0 Å². The molecule has 0 radical (unpaired) electrons. The van der Waals surface area contributed by atoms with Crippen molar-refractivity contribution in [2.75, 3.05) is 16.8 Å². The number of anilines is 2. The predicted octanol–water partition coefficient (Wildman–Crippen LogP) is 3.13. The minimum absolute atomic E-state index is 0.210. The molecular weight excluding hydrogens is 262 g/mol. The number of aromatic nitrogens is 1. The zero-order chi connectivity index (χ0) is 14.7. The number of carbonyl (C=O) groups excluding carboxylic acids is 1. The number of benzene rings is 1. The van der Waals surface area contributed by atoms with Crippen LogP contribution in [0, 0.1) is 6.92 Å². The standard InChI is InChI=1S/C17H19N3O/c1-13-8-9-18-11-14(13)12-19-15-5-2-3-6-16(15)20-10-4-7-17(20)21/h2-3,5-6,8-9,11,19H,4,7,10,12H2,1H3. The van der Waals surface area contributed by atoms with E-state index in [1.807, 2.05) is 41.4 Å². The topological polar surface area (TPSA) is 45.2 Å². The first-order valence-corrected chi connectivity index (χ1v) is 7.28. The zero-order valence-corrected chi connectivity index (χ0v) is 12.2. The first-order chi connectivity index (χ1) is 10.3. The van der Waals surface area contributed by atoms with Gasteiger partial charge in [0.05, 0.1) is 11.4 Å². The fourth-order valence-electron chi connectivity index (χ4n) is 2.63. The molecule has 1 aliphatic rings. The first-order valence-electron chi connectivity index (χ1n) is 7.28. The summed E-state index contributed by atoms with van der Waals surface area (Å²) in [6.45, 7) is 3.59. The lowest BCUT2D eigenvalue weighted by molar-refractivity contribution is -0.117. The van der Waals surface area contributed by atoms with Crippen molar-refractivity contribution in [3.05, 3.63) is 53.9 Å². The summed E-state index contributed by atoms with van der Waals surface area (Å²) in [5, 5.41) is 3.43. The van der Waals surface area contributed by atoms with Crippen LogP contribution >= 0.6 is 0 Å². The van der Waals surface area contributed by atoms with Crippen molar-refractivity contribution in [3.63, 3.8) is 0 Å². The van der Waals surface area contributed by atoms with Gasteiger partial charge in [0, 0.05) is 31.9 Å². The van der Waals surface area contributed by atoms with Gasteiger partial charge in [-0.3, -0.25) is 9.78 Å². The predicted molar refractivity (Wildman–Crippen MR) is 84.3 cm³/mol. The number of rotatable bonds is 4. The smallest absolute Gasteiger partial charge is 0.227 e. The van der Waals surface area contributed by atoms with E-state index in [1.165, 1.54) is 11.1 Å². The molecule has 4 nitrogen and oxygen atoms in total. The molecule has 0 unspecified atom stereocenters. The number of aryl methyl sites for hydroxylation is 1. The van der Waals surface area contributed by atoms with E-state index in [-0.39, 0.29) is 5.91 Å². The van der Waals surface area contributed by atoms with Crippen LogP contribution in [-0.4, -0.2) is 17.4 Å². The highest BCUT2D eigenvalue weighted by molar-refractivity contribution is 5.98. The lowest BCUT2D eigenvalue weighted by Gasteiger charge is -2.20. The van der Waals surface area contributed by atoms with Crippen LogP contribution in [0.15, 0.2) is 42.7 Å². The molecule has 2 aromatic rings. The molecule has 0 spiro atoms. The molecule has 1 aliphatic heterocycles. The highest BCUT2D eigenvalue weighted by atomic mass is 16.2. The van der Waals surface area contributed by atoms with Gasteiger partial charge in [0.15, 0.2) is 0 Å². The average molecular weight is 281 g/mol. The largest absolute Gasteiger partial charge is 0.379 e. The van der Waals surface area contributed by atoms with Crippen molar-refractivity contribution in [3.8, 4) is 0 Å². The van der Waals surface area contributed by atoms with Crippen LogP contribution in [0.25, 0.3) is 0 Å². The van der Waals surface area contributed by atoms with Gasteiger partial charge in [-0.15, -0.1) is 0 Å². The molecule has 1 fully saturated rings. The normalized spacial score (nSPS) is 14.5. The molecule has 3 rings (SSSR count). The molecule has 0 atom stereocenters. The number of carbonyl (C=O) groups is 1. The maximum atomic E-state index is 11.9. The van der Waals surface area contributed by atoms with E-state index in [4.69, 9.17) is 0 Å². The monoisotopic (exact) mass is 281 g/mol. The Labute approximate surface area is 124 Å². The van der Waals surface area contributed by atoms with Crippen LogP contribution in [0.3, 0.4) is 0 Å². The van der Waals surface area contributed by atoms with Gasteiger partial charge in [-0.25, -0.2) is 0 Å². The van der Waals surface area contributed by atoms with Gasteiger partial charge >= 0.3 is 0 Å². The van der Waals surface area contributed by atoms with E-state index in [0.29, 0.717) is 13.0 Å². The number of hydrogen-bond donors (Lipinski definition) is 1. The second-order valence-corrected chi connectivity index (χ2v) is 5.32. The van der Waals surface area contributed by atoms with Gasteiger partial charge in [-0.2, -0.15) is 0 Å². The van der Waals surface area contributed by atoms with Crippen molar-refractivity contribution >= 4 is 17.3 Å². The van der Waals surface area contributed by atoms with Crippen LogP contribution in [0.4, 0.5) is 11.4 Å². The summed E-state index contributed by atoms with van der Waals surface area (Å²) in [5.74, 6) is 0.210. The Morgan fingerprint density at radius 2 is 2.14 bits per heavy atom. The Morgan fingerprint density at radius 3 is 2.90 bits per heavy atom. The van der Waals surface area contributed by atoms with Crippen LogP contribution in [-0.2, 0) is 11.3 Å². The molecule has 4 heteroatoms. The zero-order valence-electron chi connectivity index (χ0n) is 12.2. The second-order valence-electron chi connectivity index (χ2n) is 5.32. The Kier molecular flexibility index (Phi) is 3.86. The van der Waals surface area contributed by atoms with Crippen LogP contribution in [0.1, 0.15) is 24.0 Å². The van der Waals surface area contributed by atoms with E-state index < -0.39 is 0 Å². The minimum Gasteiger partial charge on any atom is -0.379 e. The Bertz CT molecular complexity index is 654. The molecule has 1 aromatic heterocycles. The number of hydrogen-bond acceptors (Lipinski definition) is 3. The maximum absolute atomic E-state index is 11.9. The van der Waals surface area contributed by atoms with Crippen molar-refractivity contribution in [2.45, 2.75) is 26.3 Å². The minimum atomic E-state index is 0.210. The van der Waals surface area contributed by atoms with Crippen molar-refractivity contribution in [1.82, 2.24) is 4.98 Å². The SMILES string of the molecule is Cc1ccncc1CNc1ccccc1N1CCCC1=O. The van der Waals surface area contributed by atoms with E-state index in [1.54, 1.807) is 6.20 Å². The van der Waals surface area contributed by atoms with Gasteiger partial charge in [-0.1, -0.05) is 12.1 Å². The summed E-state index contributed by atoms with van der Waals surface area (Å²) >= 11 is 0. The van der Waals surface area contributed by atoms with Crippen molar-refractivity contribution in [1.29, 1.82) is 0 Å². The van der Waals surface area contributed by atoms with Gasteiger partial charge in [0.25, 0.3) is 0 Å². The van der Waals surface area contributed by atoms with E-state index in [0.717, 1.165) is 24.3 Å². The van der Waals surface area contributed by atoms with E-state index in [9.17, 15) is 4.79 Å². The van der Waals surface area contributed by atoms with Crippen LogP contribution < -0.4 is 10.2 Å². The fraction of sp³-hybridized carbons (Fsp3) is 0.294. The molecule has 21 heavy (non-hydrogen) atoms. The molecule has 0 saturated carbocycles. The summed E-state index contributed by atoms with van der Waals surface area (Å²) < 4.78 is 0. The molecule has 1 saturated heterocycles. The van der Waals surface area contributed by atoms with E-state index in [2.05, 4.69) is 17.2 Å². The summed E-state index contributed by atoms with van der Waals surface area (Å²) in [7, 11) is 0. The Balaban J connectivity index is 1.80. The third kappa shape index (κ3) is 2.89. The summed E-state index contributed by atoms with van der Waals surface area (Å²) in [4.78, 5) is 18.0. The number of nitrogens with zero attached hydrogens (tertiary/aromatic N) is 2. The summed E-state index contributed by atoms with van der Waals surface area (Å²) in [5.41, 5.74) is 4.35. The number of amides is 1. The average Bonchev–Trinajstić information content (AvgIpc) is 2.93. The quantitative estimate of drug-likeness (QED) is 0.936. The molecule has 1 aromatic carbocycles. The second kappa shape index (κ2) is 5.95. The molecule has 1 amide bonds. The molecule has 2 heterocycles. The molecule has 1 N–H and O–H groups in total. The van der Waals surface area contributed by atoms with Gasteiger partial charge < -0.3 is 10.2 Å². The number of para-hydroxylation sites is 2. The Morgan fingerprint density at radius 1 is 1.29 bits per heavy atom. The number of nitrogens with one attached hydrogen (secondary N) is 1. The van der Waals surface area contributed by atoms with Crippen LogP contribution in [0.5, 0.6) is 0 Å².